The first-order chi connectivity index (χ1) is 9.33. The minimum Gasteiger partial charge on any atom is -0.396 e. The van der Waals surface area contributed by atoms with Crippen LogP contribution in [0.5, 0.6) is 0 Å². The molecule has 0 spiro atoms. The topological polar surface area (TPSA) is 70.1 Å². The van der Waals surface area contributed by atoms with Gasteiger partial charge in [0.05, 0.1) is 0 Å². The van der Waals surface area contributed by atoms with E-state index in [-0.39, 0.29) is 6.61 Å². The van der Waals surface area contributed by atoms with Crippen molar-refractivity contribution in [1.29, 1.82) is 0 Å². The van der Waals surface area contributed by atoms with Crippen molar-refractivity contribution in [1.82, 2.24) is 9.97 Å². The van der Waals surface area contributed by atoms with E-state index in [0.717, 1.165) is 31.6 Å². The van der Waals surface area contributed by atoms with Crippen LogP contribution in [-0.2, 0) is 0 Å². The largest absolute Gasteiger partial charge is 0.396 e. The van der Waals surface area contributed by atoms with E-state index >= 15 is 0 Å². The summed E-state index contributed by atoms with van der Waals surface area (Å²) in [6.45, 7) is 3.25. The quantitative estimate of drug-likeness (QED) is 0.735. The lowest BCUT2D eigenvalue weighted by atomic mass is 9.85. The molecule has 5 heteroatoms. The normalized spacial score (nSPS) is 23.1. The summed E-state index contributed by atoms with van der Waals surface area (Å²) >= 11 is 0. The predicted octanol–water partition coefficient (Wildman–Crippen LogP) is 2.26. The maximum absolute atomic E-state index is 9.43. The van der Waals surface area contributed by atoms with E-state index in [1.165, 1.54) is 12.8 Å². The van der Waals surface area contributed by atoms with Gasteiger partial charge in [0.1, 0.15) is 5.82 Å². The van der Waals surface area contributed by atoms with Gasteiger partial charge in [-0.2, -0.15) is 4.98 Å². The van der Waals surface area contributed by atoms with E-state index in [9.17, 15) is 5.11 Å². The lowest BCUT2D eigenvalue weighted by molar-refractivity contribution is 0.178. The van der Waals surface area contributed by atoms with Crippen LogP contribution >= 0.6 is 0 Å². The zero-order valence-electron chi connectivity index (χ0n) is 11.6. The van der Waals surface area contributed by atoms with Gasteiger partial charge in [-0.15, -0.1) is 0 Å². The van der Waals surface area contributed by atoms with Crippen LogP contribution in [0.4, 0.5) is 11.8 Å². The molecule has 1 aromatic rings. The van der Waals surface area contributed by atoms with Crippen LogP contribution in [0, 0.1) is 5.92 Å². The molecule has 0 aliphatic heterocycles. The molecule has 0 aromatic carbocycles. The van der Waals surface area contributed by atoms with Gasteiger partial charge in [-0.1, -0.05) is 19.8 Å². The van der Waals surface area contributed by atoms with Crippen LogP contribution in [0.1, 0.15) is 39.0 Å². The molecule has 0 amide bonds. The van der Waals surface area contributed by atoms with Gasteiger partial charge in [0.15, 0.2) is 0 Å². The highest BCUT2D eigenvalue weighted by Crippen LogP contribution is 2.26. The van der Waals surface area contributed by atoms with Crippen LogP contribution in [-0.4, -0.2) is 34.3 Å². The lowest BCUT2D eigenvalue weighted by Crippen LogP contribution is -2.34. The fourth-order valence-corrected chi connectivity index (χ4v) is 2.57. The Morgan fingerprint density at radius 2 is 2.21 bits per heavy atom. The van der Waals surface area contributed by atoms with Crippen molar-refractivity contribution in [2.45, 2.75) is 45.1 Å². The molecular weight excluding hydrogens is 240 g/mol. The minimum atomic E-state index is 0.254. The molecule has 1 aliphatic carbocycles. The standard InChI is InChI=1S/C14H24N4O/c1-2-8-15-14-16-9-7-13(18-14)17-12-6-4-3-5-11(12)10-19/h7,9,11-12,19H,2-6,8,10H2,1H3,(H2,15,16,17,18). The summed E-state index contributed by atoms with van der Waals surface area (Å²) < 4.78 is 0. The molecule has 0 bridgehead atoms. The number of anilines is 2. The zero-order chi connectivity index (χ0) is 13.5. The summed E-state index contributed by atoms with van der Waals surface area (Å²) in [7, 11) is 0. The summed E-state index contributed by atoms with van der Waals surface area (Å²) in [6.07, 6.45) is 7.46. The number of aromatic nitrogens is 2. The Bertz CT molecular complexity index is 385. The van der Waals surface area contributed by atoms with E-state index in [0.29, 0.717) is 17.9 Å². The van der Waals surface area contributed by atoms with Gasteiger partial charge in [0.25, 0.3) is 0 Å². The highest BCUT2D eigenvalue weighted by atomic mass is 16.3. The third-order valence-electron chi connectivity index (χ3n) is 3.67. The van der Waals surface area contributed by atoms with Crippen LogP contribution < -0.4 is 10.6 Å². The van der Waals surface area contributed by atoms with E-state index in [1.807, 2.05) is 6.07 Å². The van der Waals surface area contributed by atoms with E-state index in [2.05, 4.69) is 27.5 Å². The molecule has 2 atom stereocenters. The Morgan fingerprint density at radius 1 is 1.37 bits per heavy atom. The average Bonchev–Trinajstić information content (AvgIpc) is 2.46. The van der Waals surface area contributed by atoms with Gasteiger partial charge in [0, 0.05) is 31.3 Å². The first-order valence-corrected chi connectivity index (χ1v) is 7.27. The fraction of sp³-hybridized carbons (Fsp3) is 0.714. The van der Waals surface area contributed by atoms with Gasteiger partial charge in [-0.3, -0.25) is 0 Å². The number of hydrogen-bond acceptors (Lipinski definition) is 5. The number of hydrogen-bond donors (Lipinski definition) is 3. The summed E-state index contributed by atoms with van der Waals surface area (Å²) in [5.74, 6) is 1.86. The zero-order valence-corrected chi connectivity index (χ0v) is 11.6. The van der Waals surface area contributed by atoms with Crippen molar-refractivity contribution in [3.8, 4) is 0 Å². The molecule has 0 saturated heterocycles. The molecule has 1 saturated carbocycles. The maximum Gasteiger partial charge on any atom is 0.224 e. The lowest BCUT2D eigenvalue weighted by Gasteiger charge is -2.31. The number of aliphatic hydroxyl groups is 1. The van der Waals surface area contributed by atoms with Crippen LogP contribution in [0.25, 0.3) is 0 Å². The van der Waals surface area contributed by atoms with Gasteiger partial charge >= 0.3 is 0 Å². The highest BCUT2D eigenvalue weighted by molar-refractivity contribution is 5.40. The Labute approximate surface area is 114 Å². The second-order valence-electron chi connectivity index (χ2n) is 5.17. The van der Waals surface area contributed by atoms with E-state index < -0.39 is 0 Å². The van der Waals surface area contributed by atoms with Crippen molar-refractivity contribution in [3.63, 3.8) is 0 Å². The smallest absolute Gasteiger partial charge is 0.224 e. The van der Waals surface area contributed by atoms with Crippen molar-refractivity contribution in [2.75, 3.05) is 23.8 Å². The maximum atomic E-state index is 9.43. The number of nitrogens with zero attached hydrogens (tertiary/aromatic N) is 2. The first kappa shape index (κ1) is 14.1. The van der Waals surface area contributed by atoms with Crippen molar-refractivity contribution >= 4 is 11.8 Å². The molecule has 2 unspecified atom stereocenters. The van der Waals surface area contributed by atoms with Gasteiger partial charge in [0.2, 0.25) is 5.95 Å². The van der Waals surface area contributed by atoms with Crippen LogP contribution in [0.15, 0.2) is 12.3 Å². The number of nitrogens with one attached hydrogen (secondary N) is 2. The Kier molecular flexibility index (Phi) is 5.39. The Hall–Kier alpha value is -1.36. The van der Waals surface area contributed by atoms with Crippen LogP contribution in [0.3, 0.4) is 0 Å². The summed E-state index contributed by atoms with van der Waals surface area (Å²) in [4.78, 5) is 8.66. The van der Waals surface area contributed by atoms with Gasteiger partial charge < -0.3 is 15.7 Å². The number of aliphatic hydroxyl groups excluding tert-OH is 1. The first-order valence-electron chi connectivity index (χ1n) is 7.27. The molecule has 1 fully saturated rings. The average molecular weight is 264 g/mol. The van der Waals surface area contributed by atoms with Gasteiger partial charge in [-0.25, -0.2) is 4.98 Å². The van der Waals surface area contributed by atoms with Crippen molar-refractivity contribution in [3.05, 3.63) is 12.3 Å². The summed E-state index contributed by atoms with van der Waals surface area (Å²) in [5.41, 5.74) is 0. The molecule has 1 aromatic heterocycles. The molecule has 1 heterocycles. The van der Waals surface area contributed by atoms with E-state index in [4.69, 9.17) is 0 Å². The molecule has 1 aliphatic rings. The molecule has 106 valence electrons. The third kappa shape index (κ3) is 4.06. The monoisotopic (exact) mass is 264 g/mol. The predicted molar refractivity (Wildman–Crippen MR) is 77.3 cm³/mol. The second kappa shape index (κ2) is 7.28. The molecular formula is C14H24N4O. The molecule has 0 radical (unpaired) electrons. The molecule has 2 rings (SSSR count). The highest BCUT2D eigenvalue weighted by Gasteiger charge is 2.24. The molecule has 5 nitrogen and oxygen atoms in total. The van der Waals surface area contributed by atoms with E-state index in [1.54, 1.807) is 6.20 Å². The fourth-order valence-electron chi connectivity index (χ4n) is 2.57. The minimum absolute atomic E-state index is 0.254. The Morgan fingerprint density at radius 3 is 3.00 bits per heavy atom. The SMILES string of the molecule is CCCNc1nccc(NC2CCCCC2CO)n1. The molecule has 3 N–H and O–H groups in total. The Balaban J connectivity index is 1.97. The third-order valence-corrected chi connectivity index (χ3v) is 3.67. The van der Waals surface area contributed by atoms with Crippen molar-refractivity contribution in [2.24, 2.45) is 5.92 Å². The second-order valence-corrected chi connectivity index (χ2v) is 5.17. The van der Waals surface area contributed by atoms with Gasteiger partial charge in [-0.05, 0) is 25.3 Å². The molecule has 19 heavy (non-hydrogen) atoms. The summed E-state index contributed by atoms with van der Waals surface area (Å²) in [6, 6.07) is 2.22. The summed E-state index contributed by atoms with van der Waals surface area (Å²) in [5, 5.41) is 16.1. The van der Waals surface area contributed by atoms with Crippen molar-refractivity contribution < 1.29 is 5.11 Å². The van der Waals surface area contributed by atoms with Crippen LogP contribution in [0.2, 0.25) is 0 Å². The number of rotatable bonds is 6.